The quantitative estimate of drug-likeness (QED) is 0.503. The number of nitro groups is 1. The van der Waals surface area contributed by atoms with Crippen LogP contribution in [0.4, 0.5) is 11.4 Å². The standard InChI is InChI=1S/C10H10ClN3O2S/c11-8-4-3-7(14(15)16)5-9(8)13-10(17)12-6-1-2-6/h3-6H,1-2H2,(H2,12,13,17). The summed E-state index contributed by atoms with van der Waals surface area (Å²) in [6, 6.07) is 4.61. The minimum absolute atomic E-state index is 0.0221. The summed E-state index contributed by atoms with van der Waals surface area (Å²) in [5.74, 6) is 0. The average molecular weight is 272 g/mol. The van der Waals surface area contributed by atoms with Gasteiger partial charge in [-0.25, -0.2) is 0 Å². The Hall–Kier alpha value is -1.40. The van der Waals surface area contributed by atoms with Gasteiger partial charge in [0, 0.05) is 18.2 Å². The van der Waals surface area contributed by atoms with E-state index in [1.165, 1.54) is 18.2 Å². The zero-order chi connectivity index (χ0) is 12.4. The highest BCUT2D eigenvalue weighted by molar-refractivity contribution is 7.80. The van der Waals surface area contributed by atoms with Crippen molar-refractivity contribution in [2.24, 2.45) is 0 Å². The first-order valence-corrected chi connectivity index (χ1v) is 5.86. The van der Waals surface area contributed by atoms with Crippen LogP contribution in [0.1, 0.15) is 12.8 Å². The van der Waals surface area contributed by atoms with Crippen molar-refractivity contribution in [3.8, 4) is 0 Å². The van der Waals surface area contributed by atoms with Gasteiger partial charge in [0.25, 0.3) is 5.69 Å². The lowest BCUT2D eigenvalue weighted by atomic mass is 10.3. The van der Waals surface area contributed by atoms with Crippen LogP contribution in [-0.2, 0) is 0 Å². The molecule has 1 aliphatic carbocycles. The van der Waals surface area contributed by atoms with Crippen molar-refractivity contribution in [2.75, 3.05) is 5.32 Å². The largest absolute Gasteiger partial charge is 0.360 e. The molecular formula is C10H10ClN3O2S. The molecule has 0 bridgehead atoms. The number of hydrogen-bond donors (Lipinski definition) is 2. The van der Waals surface area contributed by atoms with E-state index < -0.39 is 4.92 Å². The number of nitro benzene ring substituents is 1. The van der Waals surface area contributed by atoms with Gasteiger partial charge in [-0.15, -0.1) is 0 Å². The van der Waals surface area contributed by atoms with Crippen LogP contribution < -0.4 is 10.6 Å². The van der Waals surface area contributed by atoms with E-state index in [4.69, 9.17) is 23.8 Å². The van der Waals surface area contributed by atoms with E-state index in [-0.39, 0.29) is 5.69 Å². The highest BCUT2D eigenvalue weighted by Gasteiger charge is 2.22. The number of hydrogen-bond acceptors (Lipinski definition) is 3. The van der Waals surface area contributed by atoms with Crippen LogP contribution in [0, 0.1) is 10.1 Å². The first kappa shape index (κ1) is 12.1. The van der Waals surface area contributed by atoms with Gasteiger partial charge in [-0.1, -0.05) is 11.6 Å². The molecule has 90 valence electrons. The summed E-state index contributed by atoms with van der Waals surface area (Å²) < 4.78 is 0. The summed E-state index contributed by atoms with van der Waals surface area (Å²) in [6.07, 6.45) is 2.20. The van der Waals surface area contributed by atoms with Gasteiger partial charge >= 0.3 is 0 Å². The fourth-order valence-electron chi connectivity index (χ4n) is 1.29. The molecular weight excluding hydrogens is 262 g/mol. The monoisotopic (exact) mass is 271 g/mol. The van der Waals surface area contributed by atoms with Gasteiger partial charge in [-0.2, -0.15) is 0 Å². The highest BCUT2D eigenvalue weighted by atomic mass is 35.5. The second-order valence-corrected chi connectivity index (χ2v) is 4.61. The molecule has 0 heterocycles. The van der Waals surface area contributed by atoms with Crippen molar-refractivity contribution in [1.29, 1.82) is 0 Å². The third-order valence-electron chi connectivity index (χ3n) is 2.32. The lowest BCUT2D eigenvalue weighted by Crippen LogP contribution is -2.30. The average Bonchev–Trinajstić information content (AvgIpc) is 3.04. The molecule has 0 saturated heterocycles. The van der Waals surface area contributed by atoms with E-state index in [9.17, 15) is 10.1 Å². The Morgan fingerprint density at radius 2 is 2.24 bits per heavy atom. The van der Waals surface area contributed by atoms with E-state index in [1.54, 1.807) is 0 Å². The lowest BCUT2D eigenvalue weighted by Gasteiger charge is -2.10. The Balaban J connectivity index is 2.09. The predicted molar refractivity (Wildman–Crippen MR) is 70.5 cm³/mol. The molecule has 1 aliphatic rings. The molecule has 0 radical (unpaired) electrons. The number of thiocarbonyl (C=S) groups is 1. The van der Waals surface area contributed by atoms with Gasteiger partial charge in [-0.3, -0.25) is 10.1 Å². The molecule has 1 aromatic carbocycles. The zero-order valence-corrected chi connectivity index (χ0v) is 10.3. The van der Waals surface area contributed by atoms with Gasteiger partial charge in [0.1, 0.15) is 0 Å². The molecule has 0 atom stereocenters. The molecule has 1 saturated carbocycles. The predicted octanol–water partition coefficient (Wildman–Crippen LogP) is 2.70. The van der Waals surface area contributed by atoms with Crippen LogP contribution in [0.25, 0.3) is 0 Å². The van der Waals surface area contributed by atoms with Crippen LogP contribution in [0.5, 0.6) is 0 Å². The van der Waals surface area contributed by atoms with Gasteiger partial charge in [0.2, 0.25) is 0 Å². The zero-order valence-electron chi connectivity index (χ0n) is 8.77. The van der Waals surface area contributed by atoms with E-state index in [0.717, 1.165) is 12.8 Å². The maximum atomic E-state index is 10.6. The van der Waals surface area contributed by atoms with Crippen LogP contribution in [0.3, 0.4) is 0 Å². The normalized spacial score (nSPS) is 14.2. The fourth-order valence-corrected chi connectivity index (χ4v) is 1.74. The molecule has 1 aromatic rings. The Kier molecular flexibility index (Phi) is 3.44. The second kappa shape index (κ2) is 4.85. The molecule has 0 aromatic heterocycles. The smallest absolute Gasteiger partial charge is 0.271 e. The van der Waals surface area contributed by atoms with E-state index in [2.05, 4.69) is 10.6 Å². The molecule has 7 heteroatoms. The van der Waals surface area contributed by atoms with E-state index in [1.807, 2.05) is 0 Å². The Bertz CT molecular complexity index is 477. The van der Waals surface area contributed by atoms with Crippen LogP contribution in [-0.4, -0.2) is 16.1 Å². The first-order valence-electron chi connectivity index (χ1n) is 5.08. The molecule has 17 heavy (non-hydrogen) atoms. The van der Waals surface area contributed by atoms with Gasteiger partial charge in [0.15, 0.2) is 5.11 Å². The van der Waals surface area contributed by atoms with Crippen LogP contribution in [0.15, 0.2) is 18.2 Å². The number of non-ortho nitro benzene ring substituents is 1. The first-order chi connectivity index (χ1) is 8.06. The number of rotatable bonds is 3. The number of halogens is 1. The minimum Gasteiger partial charge on any atom is -0.360 e. The Morgan fingerprint density at radius 1 is 1.53 bits per heavy atom. The molecule has 0 aliphatic heterocycles. The molecule has 2 N–H and O–H groups in total. The Morgan fingerprint density at radius 3 is 2.82 bits per heavy atom. The van der Waals surface area contributed by atoms with Crippen molar-refractivity contribution >= 4 is 40.3 Å². The third kappa shape index (κ3) is 3.28. The topological polar surface area (TPSA) is 67.2 Å². The van der Waals surface area contributed by atoms with Crippen molar-refractivity contribution in [2.45, 2.75) is 18.9 Å². The van der Waals surface area contributed by atoms with Crippen molar-refractivity contribution in [3.05, 3.63) is 33.3 Å². The van der Waals surface area contributed by atoms with Gasteiger partial charge in [-0.05, 0) is 31.1 Å². The number of nitrogens with zero attached hydrogens (tertiary/aromatic N) is 1. The second-order valence-electron chi connectivity index (χ2n) is 3.79. The summed E-state index contributed by atoms with van der Waals surface area (Å²) in [5, 5.41) is 17.4. The third-order valence-corrected chi connectivity index (χ3v) is 2.87. The maximum Gasteiger partial charge on any atom is 0.271 e. The number of nitrogens with one attached hydrogen (secondary N) is 2. The van der Waals surface area contributed by atoms with Gasteiger partial charge in [0.05, 0.1) is 15.6 Å². The number of benzene rings is 1. The van der Waals surface area contributed by atoms with Crippen molar-refractivity contribution < 1.29 is 4.92 Å². The molecule has 0 spiro atoms. The van der Waals surface area contributed by atoms with E-state index in [0.29, 0.717) is 21.9 Å². The van der Waals surface area contributed by atoms with Gasteiger partial charge < -0.3 is 10.6 Å². The molecule has 2 rings (SSSR count). The number of anilines is 1. The summed E-state index contributed by atoms with van der Waals surface area (Å²) in [5.41, 5.74) is 0.421. The maximum absolute atomic E-state index is 10.6. The highest BCUT2D eigenvalue weighted by Crippen LogP contribution is 2.27. The minimum atomic E-state index is -0.473. The van der Waals surface area contributed by atoms with E-state index >= 15 is 0 Å². The molecule has 1 fully saturated rings. The summed E-state index contributed by atoms with van der Waals surface area (Å²) in [6.45, 7) is 0. The molecule has 0 unspecified atom stereocenters. The SMILES string of the molecule is O=[N+]([O-])c1ccc(Cl)c(NC(=S)NC2CC2)c1. The lowest BCUT2D eigenvalue weighted by molar-refractivity contribution is -0.384. The fraction of sp³-hybridized carbons (Fsp3) is 0.300. The summed E-state index contributed by atoms with van der Waals surface area (Å²) in [7, 11) is 0. The summed E-state index contributed by atoms with van der Waals surface area (Å²) in [4.78, 5) is 10.2. The summed E-state index contributed by atoms with van der Waals surface area (Å²) >= 11 is 11.0. The van der Waals surface area contributed by atoms with Crippen LogP contribution in [0.2, 0.25) is 5.02 Å². The molecule has 0 amide bonds. The Labute approximate surface area is 108 Å². The van der Waals surface area contributed by atoms with Crippen molar-refractivity contribution in [3.63, 3.8) is 0 Å². The van der Waals surface area contributed by atoms with Crippen molar-refractivity contribution in [1.82, 2.24) is 5.32 Å². The molecule has 5 nitrogen and oxygen atoms in total. The van der Waals surface area contributed by atoms with Crippen LogP contribution >= 0.6 is 23.8 Å².